The molecule has 0 saturated heterocycles. The summed E-state index contributed by atoms with van der Waals surface area (Å²) < 4.78 is 11.0. The monoisotopic (exact) mass is 404 g/mol. The number of benzene rings is 3. The van der Waals surface area contributed by atoms with Gasteiger partial charge in [0.25, 0.3) is 5.91 Å². The lowest BCUT2D eigenvalue weighted by Gasteiger charge is -2.15. The van der Waals surface area contributed by atoms with Crippen molar-refractivity contribution in [2.24, 2.45) is 5.10 Å². The first-order valence-corrected chi connectivity index (χ1v) is 9.51. The van der Waals surface area contributed by atoms with Gasteiger partial charge in [0.15, 0.2) is 6.10 Å². The molecule has 0 aromatic heterocycles. The van der Waals surface area contributed by atoms with Gasteiger partial charge in [-0.25, -0.2) is 5.43 Å². The first kappa shape index (κ1) is 20.9. The Labute approximate surface area is 175 Å². The fourth-order valence-corrected chi connectivity index (χ4v) is 2.82. The Morgan fingerprint density at radius 3 is 2.70 bits per heavy atom. The SMILES string of the molecule is COc1ccc(O)c(C=CC(C)=NNC(=O)C(C)Oc2cccc3ccccc23)c1. The molecule has 1 amide bonds. The van der Waals surface area contributed by atoms with Gasteiger partial charge in [-0.3, -0.25) is 4.79 Å². The van der Waals surface area contributed by atoms with Crippen molar-refractivity contribution in [2.75, 3.05) is 7.11 Å². The van der Waals surface area contributed by atoms with Gasteiger partial charge in [-0.1, -0.05) is 36.4 Å². The molecule has 0 spiro atoms. The van der Waals surface area contributed by atoms with E-state index in [1.165, 1.54) is 0 Å². The zero-order valence-electron chi connectivity index (χ0n) is 17.1. The second-order valence-corrected chi connectivity index (χ2v) is 6.72. The second kappa shape index (κ2) is 9.60. The molecule has 0 heterocycles. The van der Waals surface area contributed by atoms with Gasteiger partial charge in [-0.05, 0) is 55.7 Å². The number of phenols is 1. The number of methoxy groups -OCH3 is 1. The van der Waals surface area contributed by atoms with Crippen LogP contribution in [0.2, 0.25) is 0 Å². The Balaban J connectivity index is 1.63. The van der Waals surface area contributed by atoms with E-state index < -0.39 is 6.10 Å². The predicted octanol–water partition coefficient (Wildman–Crippen LogP) is 4.53. The molecule has 1 atom stereocenters. The molecule has 0 aliphatic heterocycles. The summed E-state index contributed by atoms with van der Waals surface area (Å²) in [6.07, 6.45) is 2.66. The molecule has 154 valence electrons. The summed E-state index contributed by atoms with van der Waals surface area (Å²) in [7, 11) is 1.56. The van der Waals surface area contributed by atoms with Crippen LogP contribution in [0.15, 0.2) is 71.8 Å². The maximum absolute atomic E-state index is 12.4. The third-order valence-electron chi connectivity index (χ3n) is 4.50. The van der Waals surface area contributed by atoms with Crippen molar-refractivity contribution in [1.82, 2.24) is 5.43 Å². The van der Waals surface area contributed by atoms with Gasteiger partial charge < -0.3 is 14.6 Å². The molecule has 3 aromatic carbocycles. The molecule has 0 saturated carbocycles. The van der Waals surface area contributed by atoms with E-state index in [0.29, 0.717) is 22.8 Å². The minimum Gasteiger partial charge on any atom is -0.507 e. The first-order valence-electron chi connectivity index (χ1n) is 9.51. The van der Waals surface area contributed by atoms with Crippen LogP contribution in [0.1, 0.15) is 19.4 Å². The molecule has 0 aliphatic rings. The summed E-state index contributed by atoms with van der Waals surface area (Å²) >= 11 is 0. The molecule has 3 rings (SSSR count). The Bertz CT molecular complexity index is 1100. The number of carbonyl (C=O) groups excluding carboxylic acids is 1. The maximum atomic E-state index is 12.4. The van der Waals surface area contributed by atoms with Gasteiger partial charge in [0, 0.05) is 10.9 Å². The molecule has 1 unspecified atom stereocenters. The van der Waals surface area contributed by atoms with Gasteiger partial charge in [0.2, 0.25) is 0 Å². The van der Waals surface area contributed by atoms with Crippen LogP contribution in [0.4, 0.5) is 0 Å². The van der Waals surface area contributed by atoms with Crippen molar-refractivity contribution in [3.8, 4) is 17.2 Å². The molecule has 0 radical (unpaired) electrons. The molecule has 0 aliphatic carbocycles. The summed E-state index contributed by atoms with van der Waals surface area (Å²) in [5.41, 5.74) is 3.65. The number of rotatable bonds is 7. The minimum atomic E-state index is -0.723. The lowest BCUT2D eigenvalue weighted by atomic mass is 10.1. The Morgan fingerprint density at radius 1 is 1.13 bits per heavy atom. The third kappa shape index (κ3) is 5.17. The Kier molecular flexibility index (Phi) is 6.70. The highest BCUT2D eigenvalue weighted by Crippen LogP contribution is 2.26. The second-order valence-electron chi connectivity index (χ2n) is 6.72. The number of phenolic OH excluding ortho intramolecular Hbond substituents is 1. The summed E-state index contributed by atoms with van der Waals surface area (Å²) in [5, 5.41) is 16.0. The van der Waals surface area contributed by atoms with Gasteiger partial charge in [0.1, 0.15) is 17.2 Å². The summed E-state index contributed by atoms with van der Waals surface area (Å²) in [4.78, 5) is 12.4. The number of nitrogens with zero attached hydrogens (tertiary/aromatic N) is 1. The van der Waals surface area contributed by atoms with Crippen molar-refractivity contribution in [3.05, 3.63) is 72.3 Å². The third-order valence-corrected chi connectivity index (χ3v) is 4.50. The molecular weight excluding hydrogens is 380 g/mol. The van der Waals surface area contributed by atoms with Crippen LogP contribution in [0.3, 0.4) is 0 Å². The number of hydrogen-bond acceptors (Lipinski definition) is 5. The first-order chi connectivity index (χ1) is 14.5. The van der Waals surface area contributed by atoms with Gasteiger partial charge >= 0.3 is 0 Å². The maximum Gasteiger partial charge on any atom is 0.280 e. The molecule has 0 fully saturated rings. The van der Waals surface area contributed by atoms with Crippen molar-refractivity contribution in [2.45, 2.75) is 20.0 Å². The lowest BCUT2D eigenvalue weighted by molar-refractivity contribution is -0.127. The van der Waals surface area contributed by atoms with E-state index in [4.69, 9.17) is 9.47 Å². The van der Waals surface area contributed by atoms with Crippen LogP contribution in [-0.2, 0) is 4.79 Å². The van der Waals surface area contributed by atoms with Gasteiger partial charge in [-0.2, -0.15) is 5.10 Å². The highest BCUT2D eigenvalue weighted by molar-refractivity contribution is 5.97. The quantitative estimate of drug-likeness (QED) is 0.448. The standard InChI is InChI=1S/C24H24N2O4/c1-16(11-12-19-15-20(29-3)13-14-22(19)27)25-26-24(28)17(2)30-23-10-6-8-18-7-4-5-9-21(18)23/h4-15,17,27H,1-3H3,(H,26,28). The number of allylic oxidation sites excluding steroid dienone is 1. The fraction of sp³-hybridized carbons (Fsp3) is 0.167. The van der Waals surface area contributed by atoms with Crippen molar-refractivity contribution >= 4 is 28.5 Å². The van der Waals surface area contributed by atoms with E-state index in [-0.39, 0.29) is 11.7 Å². The number of fused-ring (bicyclic) bond motifs is 1. The molecule has 0 bridgehead atoms. The topological polar surface area (TPSA) is 80.2 Å². The van der Waals surface area contributed by atoms with Crippen LogP contribution in [0.5, 0.6) is 17.2 Å². The Morgan fingerprint density at radius 2 is 1.90 bits per heavy atom. The predicted molar refractivity (Wildman–Crippen MR) is 119 cm³/mol. The Hall–Kier alpha value is -3.80. The molecule has 6 nitrogen and oxygen atoms in total. The van der Waals surface area contributed by atoms with Crippen LogP contribution >= 0.6 is 0 Å². The van der Waals surface area contributed by atoms with E-state index in [1.54, 1.807) is 51.3 Å². The summed E-state index contributed by atoms with van der Waals surface area (Å²) in [6.45, 7) is 3.41. The zero-order valence-corrected chi connectivity index (χ0v) is 17.1. The highest BCUT2D eigenvalue weighted by atomic mass is 16.5. The zero-order chi connectivity index (χ0) is 21.5. The molecule has 2 N–H and O–H groups in total. The van der Waals surface area contributed by atoms with E-state index >= 15 is 0 Å². The molecule has 3 aromatic rings. The van der Waals surface area contributed by atoms with Gasteiger partial charge in [-0.15, -0.1) is 0 Å². The molecular formula is C24H24N2O4. The van der Waals surface area contributed by atoms with E-state index in [1.807, 2.05) is 42.5 Å². The van der Waals surface area contributed by atoms with E-state index in [2.05, 4.69) is 10.5 Å². The van der Waals surface area contributed by atoms with Crippen LogP contribution < -0.4 is 14.9 Å². The number of amides is 1. The number of ether oxygens (including phenoxy) is 2. The van der Waals surface area contributed by atoms with Crippen molar-refractivity contribution in [1.29, 1.82) is 0 Å². The number of hydrogen-bond donors (Lipinski definition) is 2. The normalized spacial score (nSPS) is 12.7. The van der Waals surface area contributed by atoms with E-state index in [0.717, 1.165) is 10.8 Å². The highest BCUT2D eigenvalue weighted by Gasteiger charge is 2.15. The minimum absolute atomic E-state index is 0.126. The average molecular weight is 404 g/mol. The molecule has 30 heavy (non-hydrogen) atoms. The smallest absolute Gasteiger partial charge is 0.280 e. The van der Waals surface area contributed by atoms with Crippen molar-refractivity contribution in [3.63, 3.8) is 0 Å². The van der Waals surface area contributed by atoms with Crippen molar-refractivity contribution < 1.29 is 19.4 Å². The fourth-order valence-electron chi connectivity index (χ4n) is 2.82. The molecule has 6 heteroatoms. The van der Waals surface area contributed by atoms with Gasteiger partial charge in [0.05, 0.1) is 12.8 Å². The summed E-state index contributed by atoms with van der Waals surface area (Å²) in [6, 6.07) is 18.5. The summed E-state index contributed by atoms with van der Waals surface area (Å²) in [5.74, 6) is 1.04. The van der Waals surface area contributed by atoms with Crippen LogP contribution in [-0.4, -0.2) is 29.9 Å². The van der Waals surface area contributed by atoms with Crippen LogP contribution in [0, 0.1) is 0 Å². The lowest BCUT2D eigenvalue weighted by Crippen LogP contribution is -2.33. The van der Waals surface area contributed by atoms with E-state index in [9.17, 15) is 9.90 Å². The average Bonchev–Trinajstić information content (AvgIpc) is 2.77. The number of hydrazone groups is 1. The number of carbonyl (C=O) groups is 1. The number of nitrogens with one attached hydrogen (secondary N) is 1. The largest absolute Gasteiger partial charge is 0.507 e. The van der Waals surface area contributed by atoms with Crippen LogP contribution in [0.25, 0.3) is 16.8 Å². The number of aromatic hydroxyl groups is 1.